The van der Waals surface area contributed by atoms with Crippen LogP contribution in [0.15, 0.2) is 16.0 Å². The van der Waals surface area contributed by atoms with Crippen LogP contribution < -0.4 is 10.1 Å². The van der Waals surface area contributed by atoms with Gasteiger partial charge in [-0.2, -0.15) is 0 Å². The SMILES string of the molecule is COc1cc(Cl)c(C)cc1Nc1nnc(Br)s1. The Bertz CT molecular complexity index is 546. The summed E-state index contributed by atoms with van der Waals surface area (Å²) in [6.45, 7) is 1.93. The van der Waals surface area contributed by atoms with Gasteiger partial charge in [0.1, 0.15) is 5.75 Å². The first-order valence-corrected chi connectivity index (χ1v) is 6.69. The second-order valence-electron chi connectivity index (χ2n) is 3.29. The van der Waals surface area contributed by atoms with Crippen LogP contribution in [0.3, 0.4) is 0 Å². The number of ether oxygens (including phenoxy) is 1. The summed E-state index contributed by atoms with van der Waals surface area (Å²) in [4.78, 5) is 0. The summed E-state index contributed by atoms with van der Waals surface area (Å²) in [5.41, 5.74) is 1.79. The summed E-state index contributed by atoms with van der Waals surface area (Å²) in [7, 11) is 1.60. The van der Waals surface area contributed by atoms with Gasteiger partial charge in [-0.15, -0.1) is 10.2 Å². The number of halogens is 2. The van der Waals surface area contributed by atoms with Crippen LogP contribution in [0.4, 0.5) is 10.8 Å². The molecule has 4 nitrogen and oxygen atoms in total. The van der Waals surface area contributed by atoms with E-state index in [4.69, 9.17) is 16.3 Å². The first-order chi connectivity index (χ1) is 8.10. The molecule has 17 heavy (non-hydrogen) atoms. The van der Waals surface area contributed by atoms with E-state index in [0.29, 0.717) is 15.9 Å². The van der Waals surface area contributed by atoms with Crippen LogP contribution in [0, 0.1) is 6.92 Å². The fraction of sp³-hybridized carbons (Fsp3) is 0.200. The molecule has 1 heterocycles. The smallest absolute Gasteiger partial charge is 0.211 e. The Morgan fingerprint density at radius 3 is 2.76 bits per heavy atom. The van der Waals surface area contributed by atoms with E-state index in [1.54, 1.807) is 13.2 Å². The topological polar surface area (TPSA) is 47.0 Å². The van der Waals surface area contributed by atoms with Crippen LogP contribution in [0.2, 0.25) is 5.02 Å². The summed E-state index contributed by atoms with van der Waals surface area (Å²) in [5, 5.41) is 12.3. The molecule has 2 aromatic rings. The third kappa shape index (κ3) is 2.88. The Morgan fingerprint density at radius 1 is 1.41 bits per heavy atom. The van der Waals surface area contributed by atoms with Crippen molar-refractivity contribution in [2.45, 2.75) is 6.92 Å². The van der Waals surface area contributed by atoms with Crippen molar-refractivity contribution in [2.75, 3.05) is 12.4 Å². The zero-order valence-electron chi connectivity index (χ0n) is 9.12. The van der Waals surface area contributed by atoms with Crippen LogP contribution >= 0.6 is 38.9 Å². The standard InChI is InChI=1S/C10H9BrClN3OS/c1-5-3-7(8(16-2)4-6(5)12)13-10-15-14-9(11)17-10/h3-4H,1-2H3,(H,13,15). The van der Waals surface area contributed by atoms with Crippen molar-refractivity contribution in [1.82, 2.24) is 10.2 Å². The molecule has 0 saturated carbocycles. The van der Waals surface area contributed by atoms with E-state index >= 15 is 0 Å². The fourth-order valence-corrected chi connectivity index (χ4v) is 2.48. The number of hydrogen-bond donors (Lipinski definition) is 1. The highest BCUT2D eigenvalue weighted by Gasteiger charge is 2.09. The van der Waals surface area contributed by atoms with Gasteiger partial charge in [0, 0.05) is 11.1 Å². The molecular weight excluding hydrogens is 326 g/mol. The highest BCUT2D eigenvalue weighted by molar-refractivity contribution is 9.11. The van der Waals surface area contributed by atoms with Gasteiger partial charge in [0.25, 0.3) is 0 Å². The minimum absolute atomic E-state index is 0.672. The van der Waals surface area contributed by atoms with Crippen molar-refractivity contribution < 1.29 is 4.74 Å². The zero-order valence-corrected chi connectivity index (χ0v) is 12.3. The zero-order chi connectivity index (χ0) is 12.4. The molecule has 0 atom stereocenters. The largest absolute Gasteiger partial charge is 0.495 e. The molecule has 1 aromatic heterocycles. The molecule has 0 unspecified atom stereocenters. The van der Waals surface area contributed by atoms with Crippen LogP contribution in [-0.4, -0.2) is 17.3 Å². The molecule has 7 heteroatoms. The van der Waals surface area contributed by atoms with Crippen molar-refractivity contribution in [3.8, 4) is 5.75 Å². The third-order valence-corrected chi connectivity index (χ3v) is 3.80. The molecule has 0 bridgehead atoms. The van der Waals surface area contributed by atoms with E-state index in [9.17, 15) is 0 Å². The average Bonchev–Trinajstić information content (AvgIpc) is 2.69. The second-order valence-corrected chi connectivity index (χ2v) is 5.95. The van der Waals surface area contributed by atoms with Crippen molar-refractivity contribution in [3.63, 3.8) is 0 Å². The van der Waals surface area contributed by atoms with E-state index in [1.807, 2.05) is 13.0 Å². The molecule has 1 N–H and O–H groups in total. The molecule has 0 aliphatic carbocycles. The van der Waals surface area contributed by atoms with Crippen molar-refractivity contribution >= 4 is 49.7 Å². The number of benzene rings is 1. The molecule has 90 valence electrons. The van der Waals surface area contributed by atoms with Gasteiger partial charge in [-0.3, -0.25) is 0 Å². The Morgan fingerprint density at radius 2 is 2.18 bits per heavy atom. The van der Waals surface area contributed by atoms with Gasteiger partial charge in [-0.05, 0) is 34.5 Å². The number of anilines is 2. The lowest BCUT2D eigenvalue weighted by atomic mass is 10.2. The lowest BCUT2D eigenvalue weighted by Crippen LogP contribution is -1.95. The number of aryl methyl sites for hydroxylation is 1. The molecule has 0 aliphatic heterocycles. The van der Waals surface area contributed by atoms with Crippen molar-refractivity contribution in [1.29, 1.82) is 0 Å². The molecule has 0 amide bonds. The maximum absolute atomic E-state index is 6.03. The molecule has 0 radical (unpaired) electrons. The predicted molar refractivity (Wildman–Crippen MR) is 73.6 cm³/mol. The number of nitrogens with one attached hydrogen (secondary N) is 1. The number of methoxy groups -OCH3 is 1. The number of rotatable bonds is 3. The molecule has 1 aromatic carbocycles. The first-order valence-electron chi connectivity index (χ1n) is 4.70. The Balaban J connectivity index is 2.34. The summed E-state index contributed by atoms with van der Waals surface area (Å²) in [6, 6.07) is 3.69. The van der Waals surface area contributed by atoms with E-state index < -0.39 is 0 Å². The first kappa shape index (κ1) is 12.6. The van der Waals surface area contributed by atoms with Crippen molar-refractivity contribution in [2.24, 2.45) is 0 Å². The lowest BCUT2D eigenvalue weighted by molar-refractivity contribution is 0.417. The molecule has 0 saturated heterocycles. The van der Waals surface area contributed by atoms with E-state index in [-0.39, 0.29) is 0 Å². The predicted octanol–water partition coefficient (Wildman–Crippen LogP) is 4.01. The van der Waals surface area contributed by atoms with E-state index in [1.165, 1.54) is 11.3 Å². The summed E-state index contributed by atoms with van der Waals surface area (Å²) < 4.78 is 5.98. The second kappa shape index (κ2) is 5.20. The van der Waals surface area contributed by atoms with E-state index in [2.05, 4.69) is 31.4 Å². The number of aromatic nitrogens is 2. The van der Waals surface area contributed by atoms with Gasteiger partial charge >= 0.3 is 0 Å². The minimum Gasteiger partial charge on any atom is -0.495 e. The van der Waals surface area contributed by atoms with Crippen LogP contribution in [0.25, 0.3) is 0 Å². The minimum atomic E-state index is 0.672. The van der Waals surface area contributed by atoms with Crippen LogP contribution in [-0.2, 0) is 0 Å². The average molecular weight is 335 g/mol. The van der Waals surface area contributed by atoms with Gasteiger partial charge in [-0.1, -0.05) is 22.9 Å². The molecule has 0 fully saturated rings. The molecule has 0 aliphatic rings. The Hall–Kier alpha value is -0.850. The normalized spacial score (nSPS) is 10.4. The van der Waals surface area contributed by atoms with Gasteiger partial charge in [0.2, 0.25) is 5.13 Å². The maximum Gasteiger partial charge on any atom is 0.211 e. The van der Waals surface area contributed by atoms with Crippen LogP contribution in [0.1, 0.15) is 5.56 Å². The van der Waals surface area contributed by atoms with Crippen LogP contribution in [0.5, 0.6) is 5.75 Å². The molecule has 0 spiro atoms. The van der Waals surface area contributed by atoms with E-state index in [0.717, 1.165) is 15.2 Å². The third-order valence-electron chi connectivity index (χ3n) is 2.12. The van der Waals surface area contributed by atoms with Crippen molar-refractivity contribution in [3.05, 3.63) is 26.6 Å². The maximum atomic E-state index is 6.03. The fourth-order valence-electron chi connectivity index (χ4n) is 1.30. The lowest BCUT2D eigenvalue weighted by Gasteiger charge is -2.10. The summed E-state index contributed by atoms with van der Waals surface area (Å²) in [6.07, 6.45) is 0. The quantitative estimate of drug-likeness (QED) is 0.921. The van der Waals surface area contributed by atoms with Gasteiger partial charge in [0.15, 0.2) is 3.92 Å². The van der Waals surface area contributed by atoms with Gasteiger partial charge < -0.3 is 10.1 Å². The summed E-state index contributed by atoms with van der Waals surface area (Å²) in [5.74, 6) is 0.673. The Labute approximate surface area is 116 Å². The molecular formula is C10H9BrClN3OS. The van der Waals surface area contributed by atoms with Gasteiger partial charge in [-0.25, -0.2) is 0 Å². The van der Waals surface area contributed by atoms with Gasteiger partial charge in [0.05, 0.1) is 12.8 Å². The highest BCUT2D eigenvalue weighted by Crippen LogP contribution is 2.34. The Kier molecular flexibility index (Phi) is 3.86. The number of nitrogens with zero attached hydrogens (tertiary/aromatic N) is 2. The summed E-state index contributed by atoms with van der Waals surface area (Å²) >= 11 is 10.7. The monoisotopic (exact) mass is 333 g/mol. The molecule has 2 rings (SSSR count). The highest BCUT2D eigenvalue weighted by atomic mass is 79.9. The number of hydrogen-bond acceptors (Lipinski definition) is 5.